The third kappa shape index (κ3) is 4.40. The van der Waals surface area contributed by atoms with Gasteiger partial charge in [0.25, 0.3) is 0 Å². The maximum atomic E-state index is 13.0. The van der Waals surface area contributed by atoms with Crippen molar-refractivity contribution in [3.8, 4) is 0 Å². The van der Waals surface area contributed by atoms with E-state index in [1.54, 1.807) is 6.20 Å². The summed E-state index contributed by atoms with van der Waals surface area (Å²) in [6, 6.07) is 16.4. The molecule has 0 spiro atoms. The zero-order chi connectivity index (χ0) is 24.4. The maximum absolute atomic E-state index is 13.0. The van der Waals surface area contributed by atoms with Crippen LogP contribution in [0.5, 0.6) is 0 Å². The van der Waals surface area contributed by atoms with Crippen LogP contribution in [0.15, 0.2) is 67.1 Å². The molecule has 0 fully saturated rings. The molecule has 7 heteroatoms. The second-order valence-electron chi connectivity index (χ2n) is 9.14. The lowest BCUT2D eigenvalue weighted by Gasteiger charge is -2.23. The summed E-state index contributed by atoms with van der Waals surface area (Å²) < 4.78 is 4.26. The molecule has 0 saturated carbocycles. The van der Waals surface area contributed by atoms with Crippen LogP contribution in [-0.2, 0) is 26.4 Å². The summed E-state index contributed by atoms with van der Waals surface area (Å²) in [5.74, 6) is 1.30. The number of fused-ring (bicyclic) bond motifs is 4. The molecular formula is C28H31N5O2. The van der Waals surface area contributed by atoms with E-state index < -0.39 is 0 Å². The highest BCUT2D eigenvalue weighted by Crippen LogP contribution is 2.34. The van der Waals surface area contributed by atoms with Crippen molar-refractivity contribution in [2.24, 2.45) is 13.0 Å². The molecule has 0 bridgehead atoms. The van der Waals surface area contributed by atoms with Crippen molar-refractivity contribution in [2.45, 2.75) is 32.7 Å². The number of benzene rings is 2. The number of H-pyrrole nitrogens is 1. The Hall–Kier alpha value is -3.68. The number of rotatable bonds is 5. The van der Waals surface area contributed by atoms with Crippen LogP contribution in [0.3, 0.4) is 0 Å². The Bertz CT molecular complexity index is 1480. The Morgan fingerprint density at radius 3 is 2.69 bits per heavy atom. The van der Waals surface area contributed by atoms with Gasteiger partial charge in [0.15, 0.2) is 5.78 Å². The summed E-state index contributed by atoms with van der Waals surface area (Å²) in [5, 5.41) is 10.8. The lowest BCUT2D eigenvalue weighted by Crippen LogP contribution is -2.27. The number of para-hydroxylation sites is 2. The highest BCUT2D eigenvalue weighted by atomic mass is 16.5. The van der Waals surface area contributed by atoms with E-state index >= 15 is 0 Å². The van der Waals surface area contributed by atoms with E-state index in [1.165, 1.54) is 16.6 Å². The molecule has 0 amide bonds. The number of aryl methyl sites for hydroxylation is 2. The summed E-state index contributed by atoms with van der Waals surface area (Å²) in [4.78, 5) is 20.5. The fraction of sp³-hybridized carbons (Fsp3) is 0.286. The summed E-state index contributed by atoms with van der Waals surface area (Å²) >= 11 is 0. The predicted molar refractivity (Wildman–Crippen MR) is 138 cm³/mol. The van der Waals surface area contributed by atoms with Gasteiger partial charge in [-0.1, -0.05) is 36.4 Å². The van der Waals surface area contributed by atoms with E-state index in [9.17, 15) is 4.79 Å². The molecule has 6 rings (SSSR count). The van der Waals surface area contributed by atoms with Gasteiger partial charge in [-0.3, -0.25) is 4.79 Å². The van der Waals surface area contributed by atoms with Gasteiger partial charge in [-0.15, -0.1) is 0 Å². The molecule has 1 atom stereocenters. The molecule has 1 aliphatic rings. The molecule has 0 saturated heterocycles. The standard InChI is InChI=1S/C18H19N3O.C10H12N2O/c1-12-19-9-10-21(12)11-13-7-8-16-17(18(13)22)14-5-3-4-6-15(14)20(16)2;13-12-6-5-8-7-11-10-4-2-1-3-9(8)10/h3-6,9-10,13H,7-8,11H2,1-2H3;1-4,7,11-13H,5-6H2. The first-order valence-electron chi connectivity index (χ1n) is 12.1. The van der Waals surface area contributed by atoms with E-state index in [4.69, 9.17) is 5.21 Å². The quantitative estimate of drug-likeness (QED) is 0.322. The number of nitrogens with zero attached hydrogens (tertiary/aromatic N) is 3. The number of hydroxylamine groups is 1. The van der Waals surface area contributed by atoms with Gasteiger partial charge < -0.3 is 19.3 Å². The normalized spacial score (nSPS) is 15.3. The molecule has 1 unspecified atom stereocenters. The average Bonchev–Trinajstić information content (AvgIpc) is 3.57. The molecule has 180 valence electrons. The highest BCUT2D eigenvalue weighted by Gasteiger charge is 2.32. The zero-order valence-corrected chi connectivity index (χ0v) is 20.2. The van der Waals surface area contributed by atoms with E-state index in [2.05, 4.69) is 49.8 Å². The van der Waals surface area contributed by atoms with Crippen LogP contribution in [0.1, 0.15) is 33.9 Å². The number of ketones is 1. The van der Waals surface area contributed by atoms with Crippen LogP contribution in [-0.4, -0.2) is 36.6 Å². The molecule has 0 aliphatic heterocycles. The Kier molecular flexibility index (Phi) is 6.53. The number of carbonyl (C=O) groups excluding carboxylic acids is 1. The number of hydrogen-bond donors (Lipinski definition) is 3. The first kappa shape index (κ1) is 23.1. The number of Topliss-reactive ketones (excluding diaryl/α,β-unsaturated/α-hetero) is 1. The second-order valence-corrected chi connectivity index (χ2v) is 9.14. The minimum Gasteiger partial charge on any atom is -0.361 e. The SMILES string of the molecule is Cc1nccn1CC1CCc2c(c3ccccc3n2C)C1=O.ONCCc1c[nH]c2ccccc12. The van der Waals surface area contributed by atoms with Gasteiger partial charge in [0.05, 0.1) is 0 Å². The Morgan fingerprint density at radius 2 is 1.91 bits per heavy atom. The highest BCUT2D eigenvalue weighted by molar-refractivity contribution is 6.11. The van der Waals surface area contributed by atoms with Crippen LogP contribution in [0.25, 0.3) is 21.8 Å². The van der Waals surface area contributed by atoms with Crippen molar-refractivity contribution in [3.05, 3.63) is 89.8 Å². The van der Waals surface area contributed by atoms with Gasteiger partial charge >= 0.3 is 0 Å². The smallest absolute Gasteiger partial charge is 0.170 e. The maximum Gasteiger partial charge on any atom is 0.170 e. The van der Waals surface area contributed by atoms with E-state index in [0.29, 0.717) is 6.54 Å². The molecule has 3 heterocycles. The minimum atomic E-state index is 0.0474. The third-order valence-corrected chi connectivity index (χ3v) is 7.10. The van der Waals surface area contributed by atoms with Crippen molar-refractivity contribution in [1.29, 1.82) is 0 Å². The summed E-state index contributed by atoms with van der Waals surface area (Å²) in [5.41, 5.74) is 7.81. The van der Waals surface area contributed by atoms with Crippen LogP contribution >= 0.6 is 0 Å². The Balaban J connectivity index is 0.000000166. The Labute approximate surface area is 204 Å². The van der Waals surface area contributed by atoms with Gasteiger partial charge in [0.2, 0.25) is 0 Å². The first-order valence-corrected chi connectivity index (χ1v) is 12.1. The van der Waals surface area contributed by atoms with Gasteiger partial charge in [0, 0.05) is 77.7 Å². The van der Waals surface area contributed by atoms with Crippen molar-refractivity contribution >= 4 is 27.6 Å². The zero-order valence-electron chi connectivity index (χ0n) is 20.2. The second kappa shape index (κ2) is 9.90. The number of aromatic amines is 1. The van der Waals surface area contributed by atoms with Crippen molar-refractivity contribution in [1.82, 2.24) is 24.6 Å². The molecule has 3 N–H and O–H groups in total. The van der Waals surface area contributed by atoms with Crippen LogP contribution in [0.4, 0.5) is 0 Å². The first-order chi connectivity index (χ1) is 17.1. The summed E-state index contributed by atoms with van der Waals surface area (Å²) in [6.07, 6.45) is 8.45. The third-order valence-electron chi connectivity index (χ3n) is 7.10. The van der Waals surface area contributed by atoms with Crippen molar-refractivity contribution < 1.29 is 10.0 Å². The van der Waals surface area contributed by atoms with Gasteiger partial charge in [0.1, 0.15) is 5.82 Å². The van der Waals surface area contributed by atoms with Gasteiger partial charge in [-0.25, -0.2) is 10.5 Å². The number of imidazole rings is 1. The predicted octanol–water partition coefficient (Wildman–Crippen LogP) is 4.82. The fourth-order valence-electron chi connectivity index (χ4n) is 5.20. The minimum absolute atomic E-state index is 0.0474. The number of aromatic nitrogens is 4. The largest absolute Gasteiger partial charge is 0.361 e. The van der Waals surface area contributed by atoms with Crippen molar-refractivity contribution in [3.63, 3.8) is 0 Å². The molecule has 7 nitrogen and oxygen atoms in total. The van der Waals surface area contributed by atoms with Crippen molar-refractivity contribution in [2.75, 3.05) is 6.54 Å². The molecule has 1 aliphatic carbocycles. The lowest BCUT2D eigenvalue weighted by molar-refractivity contribution is 0.0888. The molecule has 3 aromatic heterocycles. The van der Waals surface area contributed by atoms with Gasteiger partial charge in [-0.2, -0.15) is 0 Å². The Morgan fingerprint density at radius 1 is 1.14 bits per heavy atom. The van der Waals surface area contributed by atoms with Crippen LogP contribution in [0.2, 0.25) is 0 Å². The fourth-order valence-corrected chi connectivity index (χ4v) is 5.20. The molecule has 35 heavy (non-hydrogen) atoms. The molecular weight excluding hydrogens is 438 g/mol. The number of carbonyl (C=O) groups is 1. The number of hydrogen-bond acceptors (Lipinski definition) is 4. The number of nitrogens with one attached hydrogen (secondary N) is 2. The lowest BCUT2D eigenvalue weighted by atomic mass is 9.85. The topological polar surface area (TPSA) is 87.9 Å². The average molecular weight is 470 g/mol. The summed E-state index contributed by atoms with van der Waals surface area (Å²) in [6.45, 7) is 3.30. The summed E-state index contributed by atoms with van der Waals surface area (Å²) in [7, 11) is 2.06. The van der Waals surface area contributed by atoms with Crippen LogP contribution in [0, 0.1) is 12.8 Å². The van der Waals surface area contributed by atoms with Gasteiger partial charge in [-0.05, 0) is 43.9 Å². The van der Waals surface area contributed by atoms with E-state index in [0.717, 1.165) is 53.6 Å². The molecule has 0 radical (unpaired) electrons. The monoisotopic (exact) mass is 469 g/mol. The molecule has 5 aromatic rings. The van der Waals surface area contributed by atoms with E-state index in [1.807, 2.05) is 49.6 Å². The van der Waals surface area contributed by atoms with Crippen LogP contribution < -0.4 is 5.48 Å². The van der Waals surface area contributed by atoms with E-state index in [-0.39, 0.29) is 11.7 Å². The molecule has 2 aromatic carbocycles.